The molecule has 7 atom stereocenters. The van der Waals surface area contributed by atoms with Crippen molar-refractivity contribution in [2.75, 3.05) is 0 Å². The van der Waals surface area contributed by atoms with Crippen LogP contribution in [0.4, 0.5) is 0 Å². The molecule has 146 valence electrons. The van der Waals surface area contributed by atoms with Crippen molar-refractivity contribution in [1.29, 1.82) is 0 Å². The molecule has 3 rings (SSSR count). The Morgan fingerprint density at radius 3 is 2.65 bits per heavy atom. The molecule has 7 heteroatoms. The van der Waals surface area contributed by atoms with Gasteiger partial charge in [-0.3, -0.25) is 4.79 Å². The Bertz CT molecular complexity index is 629. The van der Waals surface area contributed by atoms with Gasteiger partial charge in [-0.1, -0.05) is 27.4 Å². The van der Waals surface area contributed by atoms with E-state index in [9.17, 15) is 19.8 Å². The Morgan fingerprint density at radius 1 is 1.38 bits per heavy atom. The van der Waals surface area contributed by atoms with Crippen LogP contribution in [0.5, 0.6) is 0 Å². The maximum atomic E-state index is 12.3. The first kappa shape index (κ1) is 19.3. The van der Waals surface area contributed by atoms with E-state index in [2.05, 4.69) is 6.58 Å². The second kappa shape index (κ2) is 6.32. The summed E-state index contributed by atoms with van der Waals surface area (Å²) in [7, 11) is 0. The van der Waals surface area contributed by atoms with Gasteiger partial charge in [0.15, 0.2) is 5.79 Å². The van der Waals surface area contributed by atoms with Gasteiger partial charge in [-0.05, 0) is 13.3 Å². The maximum Gasteiger partial charge on any atom is 0.334 e. The lowest BCUT2D eigenvalue weighted by atomic mass is 9.78. The predicted molar refractivity (Wildman–Crippen MR) is 90.7 cm³/mol. The average molecular weight is 368 g/mol. The van der Waals surface area contributed by atoms with E-state index in [0.29, 0.717) is 6.42 Å². The predicted octanol–water partition coefficient (Wildman–Crippen LogP) is 1.31. The Morgan fingerprint density at radius 2 is 2.04 bits per heavy atom. The van der Waals surface area contributed by atoms with Crippen LogP contribution in [-0.2, 0) is 23.8 Å². The first-order valence-electron chi connectivity index (χ1n) is 9.18. The molecule has 0 aromatic rings. The Hall–Kier alpha value is -1.44. The van der Waals surface area contributed by atoms with Crippen LogP contribution in [-0.4, -0.2) is 51.9 Å². The van der Waals surface area contributed by atoms with Gasteiger partial charge in [0.25, 0.3) is 0 Å². The fourth-order valence-electron chi connectivity index (χ4n) is 4.25. The molecule has 2 bridgehead atoms. The molecule has 0 radical (unpaired) electrons. The van der Waals surface area contributed by atoms with Crippen molar-refractivity contribution in [2.24, 2.45) is 17.8 Å². The molecule has 26 heavy (non-hydrogen) atoms. The molecule has 0 aliphatic carbocycles. The van der Waals surface area contributed by atoms with Crippen molar-refractivity contribution in [3.8, 4) is 0 Å². The van der Waals surface area contributed by atoms with Crippen molar-refractivity contribution < 1.29 is 34.0 Å². The van der Waals surface area contributed by atoms with Gasteiger partial charge < -0.3 is 24.4 Å². The molecule has 0 saturated carbocycles. The van der Waals surface area contributed by atoms with Gasteiger partial charge in [0.2, 0.25) is 0 Å². The van der Waals surface area contributed by atoms with Gasteiger partial charge in [-0.15, -0.1) is 0 Å². The largest absolute Gasteiger partial charge is 0.461 e. The molecule has 2 N–H and O–H groups in total. The lowest BCUT2D eigenvalue weighted by molar-refractivity contribution is -0.253. The monoisotopic (exact) mass is 368 g/mol. The van der Waals surface area contributed by atoms with Crippen LogP contribution >= 0.6 is 0 Å². The molecule has 3 aliphatic rings. The zero-order valence-corrected chi connectivity index (χ0v) is 15.7. The molecule has 0 aromatic heterocycles. The minimum absolute atomic E-state index is 0.0573. The van der Waals surface area contributed by atoms with E-state index in [4.69, 9.17) is 14.2 Å². The number of fused-ring (bicyclic) bond motifs is 3. The summed E-state index contributed by atoms with van der Waals surface area (Å²) in [5, 5.41) is 21.5. The first-order valence-corrected chi connectivity index (χ1v) is 9.18. The molecule has 0 aromatic carbocycles. The van der Waals surface area contributed by atoms with Crippen LogP contribution in [0.15, 0.2) is 12.2 Å². The Labute approximate surface area is 153 Å². The van der Waals surface area contributed by atoms with E-state index in [1.54, 1.807) is 27.7 Å². The number of hydrogen-bond acceptors (Lipinski definition) is 7. The van der Waals surface area contributed by atoms with E-state index >= 15 is 0 Å². The molecule has 3 fully saturated rings. The number of hydrogen-bond donors (Lipinski definition) is 2. The SMILES string of the molecule is C=C1C(=O)O[C@@H]2C[C@H](C)C3(O)C[C@@H](O)C(C)(C[C@@H](OC(=O)C(C)C)[C@@H]12)O3. The molecule has 3 saturated heterocycles. The number of aliphatic hydroxyl groups is 2. The summed E-state index contributed by atoms with van der Waals surface area (Å²) in [4.78, 5) is 24.4. The van der Waals surface area contributed by atoms with Gasteiger partial charge in [-0.2, -0.15) is 0 Å². The topological polar surface area (TPSA) is 102 Å². The maximum absolute atomic E-state index is 12.3. The van der Waals surface area contributed by atoms with Gasteiger partial charge in [0.05, 0.1) is 23.5 Å². The highest BCUT2D eigenvalue weighted by Gasteiger charge is 2.60. The third-order valence-electron chi connectivity index (χ3n) is 6.03. The number of esters is 2. The highest BCUT2D eigenvalue weighted by atomic mass is 16.7. The molecular formula is C19H28O7. The quantitative estimate of drug-likeness (QED) is 0.560. The summed E-state index contributed by atoms with van der Waals surface area (Å²) in [5.41, 5.74) is -0.849. The van der Waals surface area contributed by atoms with Crippen LogP contribution in [0.25, 0.3) is 0 Å². The number of carbonyl (C=O) groups is 2. The molecule has 0 spiro atoms. The van der Waals surface area contributed by atoms with Crippen LogP contribution < -0.4 is 0 Å². The minimum Gasteiger partial charge on any atom is -0.461 e. The zero-order chi connectivity index (χ0) is 19.4. The number of aliphatic hydroxyl groups excluding tert-OH is 1. The molecule has 2 unspecified atom stereocenters. The van der Waals surface area contributed by atoms with E-state index in [1.165, 1.54) is 0 Å². The third kappa shape index (κ3) is 3.06. The van der Waals surface area contributed by atoms with Crippen LogP contribution in [0, 0.1) is 17.8 Å². The molecule has 3 heterocycles. The van der Waals surface area contributed by atoms with Gasteiger partial charge >= 0.3 is 11.9 Å². The molecule has 7 nitrogen and oxygen atoms in total. The highest BCUT2D eigenvalue weighted by Crippen LogP contribution is 2.49. The summed E-state index contributed by atoms with van der Waals surface area (Å²) >= 11 is 0. The minimum atomic E-state index is -1.52. The fourth-order valence-corrected chi connectivity index (χ4v) is 4.25. The number of carbonyl (C=O) groups excluding carboxylic acids is 2. The summed E-state index contributed by atoms with van der Waals surface area (Å²) in [6, 6.07) is 0. The van der Waals surface area contributed by atoms with Gasteiger partial charge in [0, 0.05) is 24.3 Å². The van der Waals surface area contributed by atoms with Gasteiger partial charge in [-0.25, -0.2) is 4.79 Å². The zero-order valence-electron chi connectivity index (χ0n) is 15.7. The van der Waals surface area contributed by atoms with Crippen LogP contribution in [0.3, 0.4) is 0 Å². The lowest BCUT2D eigenvalue weighted by Crippen LogP contribution is -2.44. The Kier molecular flexibility index (Phi) is 4.70. The van der Waals surface area contributed by atoms with Crippen molar-refractivity contribution in [2.45, 2.75) is 76.7 Å². The van der Waals surface area contributed by atoms with E-state index in [-0.39, 0.29) is 30.3 Å². The molecule has 3 aliphatic heterocycles. The number of rotatable bonds is 2. The third-order valence-corrected chi connectivity index (χ3v) is 6.03. The Balaban J connectivity index is 2.01. The van der Waals surface area contributed by atoms with Crippen molar-refractivity contribution >= 4 is 11.9 Å². The van der Waals surface area contributed by atoms with Crippen molar-refractivity contribution in [3.05, 3.63) is 12.2 Å². The van der Waals surface area contributed by atoms with E-state index in [1.807, 2.05) is 0 Å². The summed E-state index contributed by atoms with van der Waals surface area (Å²) < 4.78 is 17.1. The first-order chi connectivity index (χ1) is 12.0. The normalized spacial score (nSPS) is 45.6. The van der Waals surface area contributed by atoms with Crippen molar-refractivity contribution in [1.82, 2.24) is 0 Å². The van der Waals surface area contributed by atoms with E-state index < -0.39 is 47.6 Å². The smallest absolute Gasteiger partial charge is 0.334 e. The van der Waals surface area contributed by atoms with Crippen LogP contribution in [0.1, 0.15) is 47.0 Å². The van der Waals surface area contributed by atoms with Crippen LogP contribution in [0.2, 0.25) is 0 Å². The second-order valence-corrected chi connectivity index (χ2v) is 8.45. The summed E-state index contributed by atoms with van der Waals surface area (Å²) in [6.07, 6.45) is -1.69. The molecular weight excluding hydrogens is 340 g/mol. The number of ether oxygens (including phenoxy) is 3. The molecule has 0 amide bonds. The highest BCUT2D eigenvalue weighted by molar-refractivity contribution is 5.91. The fraction of sp³-hybridized carbons (Fsp3) is 0.789. The van der Waals surface area contributed by atoms with Gasteiger partial charge in [0.1, 0.15) is 12.2 Å². The second-order valence-electron chi connectivity index (χ2n) is 8.45. The van der Waals surface area contributed by atoms with Crippen molar-refractivity contribution in [3.63, 3.8) is 0 Å². The summed E-state index contributed by atoms with van der Waals surface area (Å²) in [5.74, 6) is -3.69. The average Bonchev–Trinajstić information content (AvgIpc) is 2.93. The standard InChI is InChI=1S/C19H28O7/c1-9(2)16(21)25-13-7-18(5)14(20)8-19(23,26-18)10(3)6-12-15(13)11(4)17(22)24-12/h9-10,12-15,20,23H,4,6-8H2,1-3,5H3/t10-,12+,13+,14+,15-,18?,19?/m0/s1. The summed E-state index contributed by atoms with van der Waals surface area (Å²) in [6.45, 7) is 10.8. The lowest BCUT2D eigenvalue weighted by Gasteiger charge is -2.34. The van der Waals surface area contributed by atoms with E-state index in [0.717, 1.165) is 0 Å².